The Balaban J connectivity index is 1.13. The molecular formula is C93H132N2O2. The van der Waals surface area contributed by atoms with Crippen LogP contribution in [0.5, 0.6) is 0 Å². The number of unbranched alkanes of at least 4 members (excludes halogenated alkanes) is 30. The summed E-state index contributed by atoms with van der Waals surface area (Å²) in [6.45, 7) is 19.8. The van der Waals surface area contributed by atoms with Gasteiger partial charge < -0.3 is 9.80 Å². The summed E-state index contributed by atoms with van der Waals surface area (Å²) in [7, 11) is 0. The van der Waals surface area contributed by atoms with E-state index in [4.69, 9.17) is 0 Å². The number of hydrogen-bond donors (Lipinski definition) is 0. The lowest BCUT2D eigenvalue weighted by atomic mass is 9.70. The van der Waals surface area contributed by atoms with E-state index in [1.165, 1.54) is 283 Å². The van der Waals surface area contributed by atoms with Gasteiger partial charge in [-0.25, -0.2) is 0 Å². The van der Waals surface area contributed by atoms with E-state index in [0.29, 0.717) is 18.4 Å². The number of hydrogen-bond acceptors (Lipinski definition) is 2. The fourth-order valence-corrected chi connectivity index (χ4v) is 17.4. The second kappa shape index (κ2) is 39.9. The van der Waals surface area contributed by atoms with Gasteiger partial charge in [0, 0.05) is 39.7 Å². The van der Waals surface area contributed by atoms with Crippen molar-refractivity contribution in [1.29, 1.82) is 0 Å². The molecular weight excluding hydrogens is 1180 g/mol. The summed E-state index contributed by atoms with van der Waals surface area (Å²) in [5.41, 5.74) is 16.7. The number of fused-ring (bicyclic) bond motifs is 8. The highest BCUT2D eigenvalue weighted by Crippen LogP contribution is 2.55. The molecule has 0 aromatic heterocycles. The van der Waals surface area contributed by atoms with Gasteiger partial charge in [0.1, 0.15) is 0 Å². The zero-order valence-electron chi connectivity index (χ0n) is 62.9. The molecule has 2 aliphatic heterocycles. The Morgan fingerprint density at radius 1 is 0.309 bits per heavy atom. The van der Waals surface area contributed by atoms with E-state index in [1.807, 2.05) is 0 Å². The normalized spacial score (nSPS) is 14.5. The standard InChI is InChI=1S/C93H132N2O2/c1-9-15-21-27-31-33-37-41-47-73(45-39-35-29-23-17-11-3)69-94-89-81-62-64-84-88(77-56-54-75(55-57-77)78-58-60-80-79-59-51-72(8)67-85(79)93(86(80)68-78,65-43-25-19-13-5)66-44-26-20-14-6)92(97)95(70-74(46-40-36-30-24-18-12-4)48-42-38-34-32-28-22-16-10-2)90(84)82(81)61-63-83(89)87(91(94)96)76-52-49-71(7)50-53-76/h49-64,67-68,73-74H,9-48,65-66,69-70H2,1-8H3. The highest BCUT2D eigenvalue weighted by Gasteiger charge is 2.43. The monoisotopic (exact) mass is 1310 g/mol. The molecule has 2 heterocycles. The van der Waals surface area contributed by atoms with Crippen molar-refractivity contribution in [3.63, 3.8) is 0 Å². The molecule has 6 aromatic rings. The number of carbonyl (C=O) groups is 2. The second-order valence-corrected chi connectivity index (χ2v) is 30.9. The summed E-state index contributed by atoms with van der Waals surface area (Å²) in [4.78, 5) is 36.4. The molecule has 9 rings (SSSR count). The minimum atomic E-state index is 0.00422. The first kappa shape index (κ1) is 75.5. The van der Waals surface area contributed by atoms with Crippen LogP contribution in [0.2, 0.25) is 0 Å². The fourth-order valence-electron chi connectivity index (χ4n) is 17.4. The van der Waals surface area contributed by atoms with Crippen molar-refractivity contribution in [3.05, 3.63) is 153 Å². The highest BCUT2D eigenvalue weighted by atomic mass is 16.2. The van der Waals surface area contributed by atoms with Gasteiger partial charge in [-0.15, -0.1) is 0 Å². The van der Waals surface area contributed by atoms with Crippen molar-refractivity contribution in [2.75, 3.05) is 22.9 Å². The van der Waals surface area contributed by atoms with E-state index in [1.54, 1.807) is 5.56 Å². The van der Waals surface area contributed by atoms with Crippen LogP contribution < -0.4 is 20.2 Å². The Labute approximate surface area is 591 Å². The fraction of sp³-hybridized carbons (Fsp3) is 0.591. The number of rotatable bonds is 49. The molecule has 4 nitrogen and oxygen atoms in total. The van der Waals surface area contributed by atoms with Crippen LogP contribution in [0.4, 0.5) is 11.4 Å². The number of nitrogens with zero attached hydrogens (tertiary/aromatic N) is 2. The molecule has 2 amide bonds. The summed E-state index contributed by atoms with van der Waals surface area (Å²) in [6.07, 6.45) is 53.3. The maximum atomic E-state index is 16.2. The lowest BCUT2D eigenvalue weighted by molar-refractivity contribution is -0.114. The van der Waals surface area contributed by atoms with E-state index in [2.05, 4.69) is 174 Å². The van der Waals surface area contributed by atoms with Crippen LogP contribution in [0.1, 0.15) is 345 Å². The van der Waals surface area contributed by atoms with E-state index in [-0.39, 0.29) is 17.2 Å². The summed E-state index contributed by atoms with van der Waals surface area (Å²) in [5, 5.41) is 4.27. The number of aryl methyl sites for hydroxylation is 2. The van der Waals surface area contributed by atoms with Gasteiger partial charge >= 0.3 is 0 Å². The molecule has 3 aliphatic rings. The number of amides is 2. The third-order valence-corrected chi connectivity index (χ3v) is 23.2. The van der Waals surface area contributed by atoms with Crippen molar-refractivity contribution in [3.8, 4) is 22.3 Å². The molecule has 97 heavy (non-hydrogen) atoms. The molecule has 526 valence electrons. The van der Waals surface area contributed by atoms with E-state index < -0.39 is 0 Å². The van der Waals surface area contributed by atoms with Crippen LogP contribution in [-0.2, 0) is 15.0 Å². The van der Waals surface area contributed by atoms with Gasteiger partial charge in [0.05, 0.1) is 22.5 Å². The molecule has 1 aliphatic carbocycles. The molecule has 0 saturated carbocycles. The molecule has 2 unspecified atom stereocenters. The van der Waals surface area contributed by atoms with Crippen molar-refractivity contribution in [2.45, 2.75) is 330 Å². The molecule has 0 radical (unpaired) electrons. The predicted octanol–water partition coefficient (Wildman–Crippen LogP) is 26.2. The van der Waals surface area contributed by atoms with Crippen LogP contribution in [0.25, 0.3) is 44.2 Å². The first-order valence-corrected chi connectivity index (χ1v) is 41.0. The Bertz CT molecular complexity index is 3500. The zero-order valence-corrected chi connectivity index (χ0v) is 62.9. The van der Waals surface area contributed by atoms with Crippen molar-refractivity contribution in [2.24, 2.45) is 11.8 Å². The topological polar surface area (TPSA) is 40.6 Å². The minimum absolute atomic E-state index is 0.00422. The molecule has 6 aromatic carbocycles. The molecule has 0 spiro atoms. The van der Waals surface area contributed by atoms with Crippen molar-refractivity contribution >= 4 is 45.1 Å². The van der Waals surface area contributed by atoms with Gasteiger partial charge in [-0.1, -0.05) is 387 Å². The molecule has 0 bridgehead atoms. The van der Waals surface area contributed by atoms with Crippen molar-refractivity contribution in [1.82, 2.24) is 0 Å². The summed E-state index contributed by atoms with van der Waals surface area (Å²) < 4.78 is 0. The van der Waals surface area contributed by atoms with Gasteiger partial charge in [0.15, 0.2) is 0 Å². The first-order valence-electron chi connectivity index (χ1n) is 41.0. The van der Waals surface area contributed by atoms with E-state index >= 15 is 9.59 Å². The lowest BCUT2D eigenvalue weighted by Gasteiger charge is -2.33. The second-order valence-electron chi connectivity index (χ2n) is 30.9. The zero-order chi connectivity index (χ0) is 68.2. The van der Waals surface area contributed by atoms with Crippen LogP contribution in [0.15, 0.2) is 109 Å². The molecule has 0 fully saturated rings. The third-order valence-electron chi connectivity index (χ3n) is 23.2. The summed E-state index contributed by atoms with van der Waals surface area (Å²) in [5.74, 6) is 1.07. The first-order chi connectivity index (χ1) is 47.6. The van der Waals surface area contributed by atoms with Gasteiger partial charge in [0.25, 0.3) is 11.8 Å². The van der Waals surface area contributed by atoms with Gasteiger partial charge in [-0.3, -0.25) is 9.59 Å². The summed E-state index contributed by atoms with van der Waals surface area (Å²) in [6, 6.07) is 41.7. The third kappa shape index (κ3) is 19.8. The smallest absolute Gasteiger partial charge is 0.259 e. The number of benzene rings is 6. The van der Waals surface area contributed by atoms with Crippen LogP contribution in [0.3, 0.4) is 0 Å². The average molecular weight is 1310 g/mol. The maximum absolute atomic E-state index is 16.2. The molecule has 4 heteroatoms. The molecule has 2 atom stereocenters. The summed E-state index contributed by atoms with van der Waals surface area (Å²) >= 11 is 0. The van der Waals surface area contributed by atoms with E-state index in [0.717, 1.165) is 87.1 Å². The Morgan fingerprint density at radius 2 is 0.619 bits per heavy atom. The lowest BCUT2D eigenvalue weighted by Crippen LogP contribution is -2.34. The SMILES string of the molecule is CCCCCCCCCCC(CCCCCCCC)CN1C(=O)C(c2ccc(C)cc2)=c2ccc3c4c(ccc3c21)=C(c1ccc(-c2ccc3c(c2)C(CCCCCC)(CCCCCC)c2cc(C)ccc2-3)cc1)C(=O)N4CC(CCCCCCCC)CCCCCCCCCC. The van der Waals surface area contributed by atoms with Gasteiger partial charge in [-0.05, 0) is 115 Å². The minimum Gasteiger partial charge on any atom is -0.307 e. The quantitative estimate of drug-likeness (QED) is 0.0357. The maximum Gasteiger partial charge on any atom is 0.259 e. The molecule has 0 saturated heterocycles. The average Bonchev–Trinajstić information content (AvgIpc) is 1.57. The number of anilines is 2. The Kier molecular flexibility index (Phi) is 31.0. The largest absolute Gasteiger partial charge is 0.307 e. The Hall–Kier alpha value is -5.74. The highest BCUT2D eigenvalue weighted by molar-refractivity contribution is 6.34. The van der Waals surface area contributed by atoms with Gasteiger partial charge in [-0.2, -0.15) is 0 Å². The van der Waals surface area contributed by atoms with Crippen LogP contribution in [0, 0.1) is 25.7 Å². The van der Waals surface area contributed by atoms with Crippen LogP contribution >= 0.6 is 0 Å². The van der Waals surface area contributed by atoms with Gasteiger partial charge in [0.2, 0.25) is 0 Å². The predicted molar refractivity (Wildman–Crippen MR) is 422 cm³/mol. The van der Waals surface area contributed by atoms with Crippen LogP contribution in [-0.4, -0.2) is 24.9 Å². The molecule has 0 N–H and O–H groups in total. The van der Waals surface area contributed by atoms with Crippen molar-refractivity contribution < 1.29 is 9.59 Å². The van der Waals surface area contributed by atoms with E-state index in [9.17, 15) is 0 Å². The Morgan fingerprint density at radius 3 is 1.01 bits per heavy atom. The number of carbonyl (C=O) groups excluding carboxylic acids is 2.